The summed E-state index contributed by atoms with van der Waals surface area (Å²) in [6.45, 7) is 3.22. The van der Waals surface area contributed by atoms with Crippen molar-refractivity contribution in [2.75, 3.05) is 20.6 Å². The minimum Gasteiger partial charge on any atom is -0.389 e. The summed E-state index contributed by atoms with van der Waals surface area (Å²) in [5.74, 6) is -0.428. The fourth-order valence-electron chi connectivity index (χ4n) is 1.41. The molecular weight excluding hydrogens is 280 g/mol. The Morgan fingerprint density at radius 3 is 2.45 bits per heavy atom. The maximum Gasteiger partial charge on any atom is 0.251 e. The van der Waals surface area contributed by atoms with E-state index >= 15 is 0 Å². The topological polar surface area (TPSA) is 86.7 Å². The van der Waals surface area contributed by atoms with Crippen molar-refractivity contribution in [3.8, 4) is 0 Å². The maximum absolute atomic E-state index is 12.0. The van der Waals surface area contributed by atoms with Gasteiger partial charge in [0.25, 0.3) is 5.91 Å². The van der Waals surface area contributed by atoms with Gasteiger partial charge in [-0.2, -0.15) is 0 Å². The molecule has 1 rings (SSSR count). The van der Waals surface area contributed by atoms with Crippen LogP contribution in [0.2, 0.25) is 0 Å². The van der Waals surface area contributed by atoms with Gasteiger partial charge in [-0.05, 0) is 32.0 Å². The molecule has 0 radical (unpaired) electrons. The highest BCUT2D eigenvalue weighted by Crippen LogP contribution is 2.15. The lowest BCUT2D eigenvalue weighted by molar-refractivity contribution is 0.0694. The van der Waals surface area contributed by atoms with Crippen molar-refractivity contribution in [3.05, 3.63) is 29.8 Å². The SMILES string of the molecule is CN(C)S(=O)(=O)c1cccc(C(=O)NCC(C)(C)O)c1. The van der Waals surface area contributed by atoms with Crippen LogP contribution in [0.25, 0.3) is 0 Å². The first kappa shape index (κ1) is 16.6. The summed E-state index contributed by atoms with van der Waals surface area (Å²) in [6, 6.07) is 5.78. The third-order valence-electron chi connectivity index (χ3n) is 2.56. The van der Waals surface area contributed by atoms with Crippen LogP contribution in [0, 0.1) is 0 Å². The Balaban J connectivity index is 2.97. The molecule has 6 nitrogen and oxygen atoms in total. The third kappa shape index (κ3) is 4.29. The van der Waals surface area contributed by atoms with Crippen LogP contribution in [0.1, 0.15) is 24.2 Å². The molecule has 7 heteroatoms. The van der Waals surface area contributed by atoms with E-state index in [1.54, 1.807) is 13.8 Å². The Morgan fingerprint density at radius 1 is 1.35 bits per heavy atom. The molecule has 0 bridgehead atoms. The minimum absolute atomic E-state index is 0.0541. The molecule has 0 aliphatic carbocycles. The van der Waals surface area contributed by atoms with E-state index in [-0.39, 0.29) is 17.0 Å². The first-order chi connectivity index (χ1) is 9.04. The van der Waals surface area contributed by atoms with Crippen LogP contribution < -0.4 is 5.32 Å². The molecule has 1 aromatic carbocycles. The van der Waals surface area contributed by atoms with Gasteiger partial charge in [0.1, 0.15) is 0 Å². The average molecular weight is 300 g/mol. The molecule has 0 fully saturated rings. The second kappa shape index (κ2) is 5.90. The number of aliphatic hydroxyl groups is 1. The normalized spacial score (nSPS) is 12.5. The van der Waals surface area contributed by atoms with E-state index in [9.17, 15) is 18.3 Å². The van der Waals surface area contributed by atoms with Crippen molar-refractivity contribution in [1.82, 2.24) is 9.62 Å². The summed E-state index contributed by atoms with van der Waals surface area (Å²) in [7, 11) is -0.718. The van der Waals surface area contributed by atoms with Crippen molar-refractivity contribution >= 4 is 15.9 Å². The van der Waals surface area contributed by atoms with Crippen LogP contribution in [0.4, 0.5) is 0 Å². The molecule has 0 saturated carbocycles. The summed E-state index contributed by atoms with van der Waals surface area (Å²) in [4.78, 5) is 12.0. The standard InChI is InChI=1S/C13H20N2O4S/c1-13(2,17)9-14-12(16)10-6-5-7-11(8-10)20(18,19)15(3)4/h5-8,17H,9H2,1-4H3,(H,14,16). The Bertz CT molecular complexity index is 589. The van der Waals surface area contributed by atoms with Gasteiger partial charge in [0.15, 0.2) is 0 Å². The molecule has 0 saturated heterocycles. The van der Waals surface area contributed by atoms with Gasteiger partial charge in [0.2, 0.25) is 10.0 Å². The highest BCUT2D eigenvalue weighted by Gasteiger charge is 2.19. The minimum atomic E-state index is -3.57. The summed E-state index contributed by atoms with van der Waals surface area (Å²) in [6.07, 6.45) is 0. The molecule has 0 unspecified atom stereocenters. The largest absolute Gasteiger partial charge is 0.389 e. The maximum atomic E-state index is 12.0. The second-order valence-corrected chi connectivity index (χ2v) is 7.46. The van der Waals surface area contributed by atoms with E-state index in [1.807, 2.05) is 0 Å². The Morgan fingerprint density at radius 2 is 1.95 bits per heavy atom. The van der Waals surface area contributed by atoms with E-state index in [2.05, 4.69) is 5.32 Å². The number of nitrogens with zero attached hydrogens (tertiary/aromatic N) is 1. The Labute approximate surface area is 119 Å². The van der Waals surface area contributed by atoms with Crippen LogP contribution in [0.3, 0.4) is 0 Å². The van der Waals surface area contributed by atoms with Crippen molar-refractivity contribution in [2.24, 2.45) is 0 Å². The number of hydrogen-bond donors (Lipinski definition) is 2. The molecule has 0 heterocycles. The van der Waals surface area contributed by atoms with Gasteiger partial charge in [-0.15, -0.1) is 0 Å². The molecule has 0 spiro atoms. The van der Waals surface area contributed by atoms with Gasteiger partial charge in [-0.25, -0.2) is 12.7 Å². The Kier molecular flexibility index (Phi) is 4.90. The first-order valence-corrected chi connectivity index (χ1v) is 7.51. The molecule has 0 aliphatic heterocycles. The summed E-state index contributed by atoms with van der Waals surface area (Å²) in [5.41, 5.74) is -0.791. The number of rotatable bonds is 5. The predicted octanol–water partition coefficient (Wildman–Crippen LogP) is 0.438. The van der Waals surface area contributed by atoms with Crippen molar-refractivity contribution in [3.63, 3.8) is 0 Å². The zero-order valence-corrected chi connectivity index (χ0v) is 12.9. The lowest BCUT2D eigenvalue weighted by atomic mass is 10.1. The number of nitrogens with one attached hydrogen (secondary N) is 1. The Hall–Kier alpha value is -1.44. The number of benzene rings is 1. The molecule has 0 aromatic heterocycles. The molecule has 0 aliphatic rings. The molecule has 0 atom stereocenters. The smallest absolute Gasteiger partial charge is 0.251 e. The van der Waals surface area contributed by atoms with Gasteiger partial charge in [0.05, 0.1) is 10.5 Å². The van der Waals surface area contributed by atoms with Crippen LogP contribution in [-0.4, -0.2) is 50.0 Å². The van der Waals surface area contributed by atoms with Gasteiger partial charge in [0, 0.05) is 26.2 Å². The zero-order valence-electron chi connectivity index (χ0n) is 12.0. The summed E-state index contributed by atoms with van der Waals surface area (Å²) < 4.78 is 25.0. The number of sulfonamides is 1. The van der Waals surface area contributed by atoms with Crippen LogP contribution in [-0.2, 0) is 10.0 Å². The van der Waals surface area contributed by atoms with Gasteiger partial charge in [-0.3, -0.25) is 4.79 Å². The third-order valence-corrected chi connectivity index (χ3v) is 4.37. The molecule has 1 amide bonds. The highest BCUT2D eigenvalue weighted by molar-refractivity contribution is 7.89. The van der Waals surface area contributed by atoms with Crippen LogP contribution >= 0.6 is 0 Å². The molecule has 20 heavy (non-hydrogen) atoms. The van der Waals surface area contributed by atoms with E-state index < -0.39 is 21.5 Å². The van der Waals surface area contributed by atoms with Crippen molar-refractivity contribution in [1.29, 1.82) is 0 Å². The monoisotopic (exact) mass is 300 g/mol. The highest BCUT2D eigenvalue weighted by atomic mass is 32.2. The van der Waals surface area contributed by atoms with Crippen LogP contribution in [0.15, 0.2) is 29.2 Å². The first-order valence-electron chi connectivity index (χ1n) is 6.07. The van der Waals surface area contributed by atoms with Crippen LogP contribution in [0.5, 0.6) is 0 Å². The lowest BCUT2D eigenvalue weighted by Crippen LogP contribution is -2.38. The molecule has 112 valence electrons. The average Bonchev–Trinajstić information content (AvgIpc) is 2.35. The number of amides is 1. The van der Waals surface area contributed by atoms with E-state index in [0.717, 1.165) is 4.31 Å². The fourth-order valence-corrected chi connectivity index (χ4v) is 2.36. The summed E-state index contributed by atoms with van der Waals surface area (Å²) >= 11 is 0. The molecular formula is C13H20N2O4S. The van der Waals surface area contributed by atoms with Gasteiger partial charge in [-0.1, -0.05) is 6.07 Å². The van der Waals surface area contributed by atoms with Gasteiger partial charge >= 0.3 is 0 Å². The number of hydrogen-bond acceptors (Lipinski definition) is 4. The second-order valence-electron chi connectivity index (χ2n) is 5.31. The van der Waals surface area contributed by atoms with E-state index in [0.29, 0.717) is 0 Å². The van der Waals surface area contributed by atoms with E-state index in [4.69, 9.17) is 0 Å². The van der Waals surface area contributed by atoms with Crippen molar-refractivity contribution in [2.45, 2.75) is 24.3 Å². The van der Waals surface area contributed by atoms with E-state index in [1.165, 1.54) is 38.4 Å². The number of carbonyl (C=O) groups is 1. The molecule has 1 aromatic rings. The van der Waals surface area contributed by atoms with Crippen molar-refractivity contribution < 1.29 is 18.3 Å². The zero-order chi connectivity index (χ0) is 15.6. The van der Waals surface area contributed by atoms with Gasteiger partial charge < -0.3 is 10.4 Å². The quantitative estimate of drug-likeness (QED) is 0.826. The predicted molar refractivity (Wildman–Crippen MR) is 75.9 cm³/mol. The number of carbonyl (C=O) groups excluding carboxylic acids is 1. The summed E-state index contributed by atoms with van der Waals surface area (Å²) in [5, 5.41) is 12.1. The fraction of sp³-hybridized carbons (Fsp3) is 0.462. The molecule has 2 N–H and O–H groups in total. The lowest BCUT2D eigenvalue weighted by Gasteiger charge is -2.18.